The number of esters is 1. The minimum Gasteiger partial charge on any atom is -0.451 e. The molecular formula is C11H11BrO4. The van der Waals surface area contributed by atoms with Crippen LogP contribution in [0.4, 0.5) is 0 Å². The van der Waals surface area contributed by atoms with Crippen LogP contribution < -0.4 is 0 Å². The zero-order valence-electron chi connectivity index (χ0n) is 8.59. The molecule has 1 rings (SSSR count). The highest BCUT2D eigenvalue weighted by molar-refractivity contribution is 9.12. The van der Waals surface area contributed by atoms with Gasteiger partial charge in [-0.3, -0.25) is 4.79 Å². The van der Waals surface area contributed by atoms with E-state index >= 15 is 0 Å². The quantitative estimate of drug-likeness (QED) is 0.366. The number of carbonyl (C=O) groups excluding carboxylic acids is 2. The van der Waals surface area contributed by atoms with E-state index in [9.17, 15) is 14.7 Å². The van der Waals surface area contributed by atoms with Crippen molar-refractivity contribution in [3.05, 3.63) is 34.4 Å². The third-order valence-electron chi connectivity index (χ3n) is 2.08. The van der Waals surface area contributed by atoms with E-state index in [1.54, 1.807) is 13.0 Å². The monoisotopic (exact) mass is 286 g/mol. The van der Waals surface area contributed by atoms with Crippen LogP contribution in [0.15, 0.2) is 34.4 Å². The van der Waals surface area contributed by atoms with Gasteiger partial charge in [-0.05, 0) is 40.6 Å². The third-order valence-corrected chi connectivity index (χ3v) is 2.66. The molecule has 0 aromatic rings. The van der Waals surface area contributed by atoms with E-state index in [1.807, 2.05) is 0 Å². The Bertz CT molecular complexity index is 381. The predicted octanol–water partition coefficient (Wildman–Crippen LogP) is 1.25. The molecule has 1 aliphatic heterocycles. The summed E-state index contributed by atoms with van der Waals surface area (Å²) >= 11 is 3.02. The zero-order chi connectivity index (χ0) is 12.1. The van der Waals surface area contributed by atoms with E-state index in [2.05, 4.69) is 15.9 Å². The molecule has 0 saturated carbocycles. The van der Waals surface area contributed by atoms with Crippen molar-refractivity contribution >= 4 is 28.2 Å². The van der Waals surface area contributed by atoms with E-state index in [-0.39, 0.29) is 0 Å². The highest BCUT2D eigenvalue weighted by Gasteiger charge is 2.30. The van der Waals surface area contributed by atoms with Gasteiger partial charge in [0.1, 0.15) is 16.9 Å². The van der Waals surface area contributed by atoms with Crippen LogP contribution in [-0.2, 0) is 14.3 Å². The Morgan fingerprint density at radius 1 is 1.62 bits per heavy atom. The van der Waals surface area contributed by atoms with Crippen molar-refractivity contribution in [3.63, 3.8) is 0 Å². The molecule has 0 aromatic carbocycles. The Morgan fingerprint density at radius 3 is 2.81 bits per heavy atom. The van der Waals surface area contributed by atoms with Crippen LogP contribution in [0.2, 0.25) is 0 Å². The number of aliphatic hydroxyl groups is 1. The fraction of sp³-hybridized carbons (Fsp3) is 0.273. The molecule has 0 aromatic heterocycles. The molecule has 0 unspecified atom stereocenters. The molecule has 2 atom stereocenters. The van der Waals surface area contributed by atoms with Gasteiger partial charge < -0.3 is 9.84 Å². The molecule has 0 bridgehead atoms. The SMILES string of the molecule is C/C(=C\C=C\C=O)[C@H](O)[C@@H]1C=C(Br)C(=O)O1. The van der Waals surface area contributed by atoms with Crippen LogP contribution in [0.5, 0.6) is 0 Å². The second kappa shape index (κ2) is 5.77. The Balaban J connectivity index is 2.68. The molecule has 5 heteroatoms. The lowest BCUT2D eigenvalue weighted by molar-refractivity contribution is -0.141. The topological polar surface area (TPSA) is 63.6 Å². The number of hydrogen-bond donors (Lipinski definition) is 1. The number of ether oxygens (including phenoxy) is 1. The molecule has 4 nitrogen and oxygen atoms in total. The zero-order valence-corrected chi connectivity index (χ0v) is 10.2. The van der Waals surface area contributed by atoms with Gasteiger partial charge in [-0.15, -0.1) is 0 Å². The number of cyclic esters (lactones) is 1. The highest BCUT2D eigenvalue weighted by Crippen LogP contribution is 2.23. The number of hydrogen-bond acceptors (Lipinski definition) is 4. The molecule has 0 amide bonds. The molecule has 0 fully saturated rings. The van der Waals surface area contributed by atoms with Crippen LogP contribution >= 0.6 is 15.9 Å². The summed E-state index contributed by atoms with van der Waals surface area (Å²) in [6, 6.07) is 0. The summed E-state index contributed by atoms with van der Waals surface area (Å²) in [7, 11) is 0. The molecule has 1 aliphatic rings. The van der Waals surface area contributed by atoms with Crippen molar-refractivity contribution < 1.29 is 19.4 Å². The number of rotatable bonds is 4. The Hall–Kier alpha value is -1.20. The van der Waals surface area contributed by atoms with E-state index in [0.29, 0.717) is 16.3 Å². The van der Waals surface area contributed by atoms with Gasteiger partial charge in [0.25, 0.3) is 0 Å². The first-order chi connectivity index (χ1) is 7.56. The van der Waals surface area contributed by atoms with Gasteiger partial charge >= 0.3 is 5.97 Å². The number of aliphatic hydroxyl groups excluding tert-OH is 1. The lowest BCUT2D eigenvalue weighted by atomic mass is 10.1. The summed E-state index contributed by atoms with van der Waals surface area (Å²) < 4.78 is 5.21. The number of halogens is 1. The molecule has 16 heavy (non-hydrogen) atoms. The second-order valence-corrected chi connectivity index (χ2v) is 4.12. The first-order valence-electron chi connectivity index (χ1n) is 4.61. The maximum atomic E-state index is 11.0. The molecule has 86 valence electrons. The normalized spacial score (nSPS) is 23.2. The third kappa shape index (κ3) is 3.15. The van der Waals surface area contributed by atoms with Crippen molar-refractivity contribution in [1.82, 2.24) is 0 Å². The maximum Gasteiger partial charge on any atom is 0.345 e. The largest absolute Gasteiger partial charge is 0.451 e. The van der Waals surface area contributed by atoms with Crippen molar-refractivity contribution in [2.24, 2.45) is 0 Å². The van der Waals surface area contributed by atoms with Gasteiger partial charge in [0.05, 0.1) is 0 Å². The summed E-state index contributed by atoms with van der Waals surface area (Å²) in [5.74, 6) is -0.486. The molecule has 0 aliphatic carbocycles. The van der Waals surface area contributed by atoms with Crippen LogP contribution in [0.25, 0.3) is 0 Å². The van der Waals surface area contributed by atoms with Crippen molar-refractivity contribution in [2.45, 2.75) is 19.1 Å². The maximum absolute atomic E-state index is 11.0. The lowest BCUT2D eigenvalue weighted by Gasteiger charge is -2.16. The lowest BCUT2D eigenvalue weighted by Crippen LogP contribution is -2.26. The van der Waals surface area contributed by atoms with E-state index in [0.717, 1.165) is 0 Å². The van der Waals surface area contributed by atoms with Gasteiger partial charge in [-0.25, -0.2) is 4.79 Å². The standard InChI is InChI=1S/C11H11BrO4/c1-7(4-2-3-5-13)10(14)9-6-8(12)11(15)16-9/h2-6,9-10,14H,1H3/b3-2+,7-4+/t9-,10-/m0/s1. The van der Waals surface area contributed by atoms with E-state index < -0.39 is 18.2 Å². The predicted molar refractivity (Wildman–Crippen MR) is 61.9 cm³/mol. The summed E-state index contributed by atoms with van der Waals surface area (Å²) in [4.78, 5) is 21.1. The Labute approximate surface area is 101 Å². The van der Waals surface area contributed by atoms with Gasteiger partial charge in [0.2, 0.25) is 0 Å². The molecule has 0 spiro atoms. The van der Waals surface area contributed by atoms with Gasteiger partial charge in [0.15, 0.2) is 6.10 Å². The fourth-order valence-corrected chi connectivity index (χ4v) is 1.55. The van der Waals surface area contributed by atoms with Crippen LogP contribution in [-0.4, -0.2) is 29.6 Å². The fourth-order valence-electron chi connectivity index (χ4n) is 1.19. The Kier molecular flexibility index (Phi) is 4.64. The summed E-state index contributed by atoms with van der Waals surface area (Å²) in [5.41, 5.74) is 0.606. The summed E-state index contributed by atoms with van der Waals surface area (Å²) in [6.45, 7) is 1.69. The highest BCUT2D eigenvalue weighted by atomic mass is 79.9. The van der Waals surface area contributed by atoms with Gasteiger partial charge in [0, 0.05) is 0 Å². The average Bonchev–Trinajstić information content (AvgIpc) is 2.58. The molecule has 0 radical (unpaired) electrons. The van der Waals surface area contributed by atoms with Crippen LogP contribution in [0.1, 0.15) is 6.92 Å². The number of aldehydes is 1. The van der Waals surface area contributed by atoms with Crippen LogP contribution in [0, 0.1) is 0 Å². The van der Waals surface area contributed by atoms with Gasteiger partial charge in [-0.1, -0.05) is 12.2 Å². The summed E-state index contributed by atoms with van der Waals surface area (Å²) in [5, 5.41) is 9.82. The van der Waals surface area contributed by atoms with Crippen molar-refractivity contribution in [3.8, 4) is 0 Å². The minimum atomic E-state index is -0.907. The second-order valence-electron chi connectivity index (χ2n) is 3.26. The molecule has 0 saturated heterocycles. The average molecular weight is 287 g/mol. The van der Waals surface area contributed by atoms with Gasteiger partial charge in [-0.2, -0.15) is 0 Å². The smallest absolute Gasteiger partial charge is 0.345 e. The Morgan fingerprint density at radius 2 is 2.31 bits per heavy atom. The minimum absolute atomic E-state index is 0.313. The molecule has 1 heterocycles. The molecule has 1 N–H and O–H groups in total. The van der Waals surface area contributed by atoms with E-state index in [1.165, 1.54) is 18.2 Å². The van der Waals surface area contributed by atoms with E-state index in [4.69, 9.17) is 4.74 Å². The number of allylic oxidation sites excluding steroid dienone is 3. The first kappa shape index (κ1) is 12.9. The first-order valence-corrected chi connectivity index (χ1v) is 5.40. The number of carbonyl (C=O) groups is 2. The van der Waals surface area contributed by atoms with Crippen molar-refractivity contribution in [1.29, 1.82) is 0 Å². The summed E-state index contributed by atoms with van der Waals surface area (Å²) in [6.07, 6.45) is 4.98. The van der Waals surface area contributed by atoms with Crippen molar-refractivity contribution in [2.75, 3.05) is 0 Å². The van der Waals surface area contributed by atoms with Crippen LogP contribution in [0.3, 0.4) is 0 Å². The molecular weight excluding hydrogens is 276 g/mol.